The van der Waals surface area contributed by atoms with Gasteiger partial charge in [0.1, 0.15) is 11.6 Å². The number of rotatable bonds is 9. The van der Waals surface area contributed by atoms with Crippen molar-refractivity contribution in [2.24, 2.45) is 0 Å². The van der Waals surface area contributed by atoms with Crippen LogP contribution in [0.1, 0.15) is 35.4 Å². The number of nitrogens with one attached hydrogen (secondary N) is 1. The second kappa shape index (κ2) is 12.6. The molecule has 0 radical (unpaired) electrons. The predicted molar refractivity (Wildman–Crippen MR) is 165 cm³/mol. The summed E-state index contributed by atoms with van der Waals surface area (Å²) in [7, 11) is 0. The average Bonchev–Trinajstić information content (AvgIpc) is 3.06. The molecule has 6 heteroatoms. The average molecular weight is 560 g/mol. The molecule has 1 atom stereocenters. The molecule has 0 saturated carbocycles. The number of carbonyl (C=O) groups is 2. The molecule has 2 saturated heterocycles. The minimum atomic E-state index is -0.917. The number of carbonyl (C=O) groups excluding carboxylic acids is 2. The van der Waals surface area contributed by atoms with Crippen LogP contribution >= 0.6 is 0 Å². The van der Waals surface area contributed by atoms with Crippen molar-refractivity contribution in [1.82, 2.24) is 10.2 Å². The van der Waals surface area contributed by atoms with Crippen LogP contribution in [0.2, 0.25) is 0 Å². The van der Waals surface area contributed by atoms with E-state index in [1.165, 1.54) is 0 Å². The van der Waals surface area contributed by atoms with Crippen LogP contribution in [0, 0.1) is 0 Å². The Morgan fingerprint density at radius 1 is 0.738 bits per heavy atom. The van der Waals surface area contributed by atoms with Gasteiger partial charge in [0.05, 0.1) is 13.2 Å². The summed E-state index contributed by atoms with van der Waals surface area (Å²) < 4.78 is 5.98. The third-order valence-corrected chi connectivity index (χ3v) is 8.69. The molecule has 2 heterocycles. The number of hydrogen-bond donors (Lipinski definition) is 1. The predicted octanol–water partition coefficient (Wildman–Crippen LogP) is 5.40. The number of benzene rings is 4. The molecule has 4 aromatic carbocycles. The van der Waals surface area contributed by atoms with Gasteiger partial charge in [-0.1, -0.05) is 109 Å². The molecule has 0 aromatic heterocycles. The van der Waals surface area contributed by atoms with Crippen molar-refractivity contribution < 1.29 is 14.3 Å². The molecule has 6 rings (SSSR count). The molecular formula is C36H37N3O3. The monoisotopic (exact) mass is 559 g/mol. The van der Waals surface area contributed by atoms with Crippen LogP contribution in [0.25, 0.3) is 0 Å². The van der Waals surface area contributed by atoms with Crippen LogP contribution in [-0.4, -0.2) is 54.5 Å². The lowest BCUT2D eigenvalue weighted by molar-refractivity contribution is -0.161. The Balaban J connectivity index is 1.29. The van der Waals surface area contributed by atoms with Gasteiger partial charge in [-0.2, -0.15) is 0 Å². The molecule has 42 heavy (non-hydrogen) atoms. The molecule has 2 aliphatic rings. The Labute approximate surface area is 247 Å². The Hall–Kier alpha value is -4.42. The van der Waals surface area contributed by atoms with Gasteiger partial charge in [-0.3, -0.25) is 9.59 Å². The standard InChI is InChI=1S/C36H37N3O3/c40-34-33(27-42-26-28-13-5-1-6-14-28)37-35(41)36(21-23-38(24-22-36)31-19-11-4-12-20-31)39(34)25-32(29-15-7-2-8-16-29)30-17-9-3-10-18-30/h1-20,32-33H,21-27H2,(H,37,41). The van der Waals surface area contributed by atoms with Gasteiger partial charge in [0.2, 0.25) is 11.8 Å². The van der Waals surface area contributed by atoms with Gasteiger partial charge in [0.15, 0.2) is 0 Å². The zero-order chi connectivity index (χ0) is 28.8. The van der Waals surface area contributed by atoms with E-state index in [0.717, 1.165) is 22.4 Å². The quantitative estimate of drug-likeness (QED) is 0.298. The van der Waals surface area contributed by atoms with Crippen molar-refractivity contribution in [3.05, 3.63) is 138 Å². The summed E-state index contributed by atoms with van der Waals surface area (Å²) >= 11 is 0. The summed E-state index contributed by atoms with van der Waals surface area (Å²) in [5.41, 5.74) is 3.49. The molecule has 1 N–H and O–H groups in total. The molecule has 0 bridgehead atoms. The summed E-state index contributed by atoms with van der Waals surface area (Å²) in [4.78, 5) is 32.6. The molecule has 1 spiro atoms. The molecule has 0 aliphatic carbocycles. The summed E-state index contributed by atoms with van der Waals surface area (Å²) in [6, 6.07) is 40.0. The molecule has 2 aliphatic heterocycles. The third kappa shape index (κ3) is 5.81. The second-order valence-electron chi connectivity index (χ2n) is 11.2. The number of nitrogens with zero attached hydrogens (tertiary/aromatic N) is 2. The normalized spacial score (nSPS) is 18.4. The Kier molecular flexibility index (Phi) is 8.33. The largest absolute Gasteiger partial charge is 0.374 e. The van der Waals surface area contributed by atoms with E-state index in [0.29, 0.717) is 39.1 Å². The first kappa shape index (κ1) is 27.7. The number of ether oxygens (including phenoxy) is 1. The number of piperidine rings is 1. The smallest absolute Gasteiger partial charge is 0.248 e. The van der Waals surface area contributed by atoms with E-state index < -0.39 is 11.6 Å². The summed E-state index contributed by atoms with van der Waals surface area (Å²) in [6.07, 6.45) is 1.13. The number of amides is 2. The van der Waals surface area contributed by atoms with Crippen molar-refractivity contribution in [2.45, 2.75) is 36.9 Å². The fourth-order valence-corrected chi connectivity index (χ4v) is 6.35. The fourth-order valence-electron chi connectivity index (χ4n) is 6.35. The van der Waals surface area contributed by atoms with E-state index in [2.05, 4.69) is 46.6 Å². The van der Waals surface area contributed by atoms with Crippen molar-refractivity contribution in [3.8, 4) is 0 Å². The minimum Gasteiger partial charge on any atom is -0.374 e. The number of hydrogen-bond acceptors (Lipinski definition) is 4. The first-order chi connectivity index (χ1) is 20.6. The van der Waals surface area contributed by atoms with Gasteiger partial charge in [-0.25, -0.2) is 0 Å². The molecular weight excluding hydrogens is 522 g/mol. The lowest BCUT2D eigenvalue weighted by Crippen LogP contribution is -2.74. The van der Waals surface area contributed by atoms with E-state index in [9.17, 15) is 9.59 Å². The van der Waals surface area contributed by atoms with E-state index in [-0.39, 0.29) is 24.3 Å². The SMILES string of the molecule is O=C1C(COCc2ccccc2)NC(=O)C2(CCN(c3ccccc3)CC2)N1CC(c1ccccc1)c1ccccc1. The Bertz CT molecular complexity index is 1420. The van der Waals surface area contributed by atoms with Crippen LogP contribution in [0.3, 0.4) is 0 Å². The van der Waals surface area contributed by atoms with Crippen molar-refractivity contribution in [3.63, 3.8) is 0 Å². The van der Waals surface area contributed by atoms with Gasteiger partial charge >= 0.3 is 0 Å². The van der Waals surface area contributed by atoms with Crippen LogP contribution in [0.5, 0.6) is 0 Å². The molecule has 2 amide bonds. The number of piperazine rings is 1. The zero-order valence-electron chi connectivity index (χ0n) is 23.8. The lowest BCUT2D eigenvalue weighted by atomic mass is 9.80. The van der Waals surface area contributed by atoms with Gasteiger partial charge < -0.3 is 19.9 Å². The highest BCUT2D eigenvalue weighted by Gasteiger charge is 2.54. The first-order valence-corrected chi connectivity index (χ1v) is 14.8. The minimum absolute atomic E-state index is 0.0721. The summed E-state index contributed by atoms with van der Waals surface area (Å²) in [5.74, 6) is -0.229. The van der Waals surface area contributed by atoms with Crippen LogP contribution in [0.4, 0.5) is 5.69 Å². The van der Waals surface area contributed by atoms with E-state index >= 15 is 0 Å². The lowest BCUT2D eigenvalue weighted by Gasteiger charge is -2.52. The van der Waals surface area contributed by atoms with Crippen LogP contribution < -0.4 is 10.2 Å². The number of para-hydroxylation sites is 1. The van der Waals surface area contributed by atoms with Crippen LogP contribution in [0.15, 0.2) is 121 Å². The van der Waals surface area contributed by atoms with Crippen molar-refractivity contribution in [1.29, 1.82) is 0 Å². The highest BCUT2D eigenvalue weighted by molar-refractivity contribution is 6.00. The summed E-state index contributed by atoms with van der Waals surface area (Å²) in [5, 5.41) is 3.08. The fraction of sp³-hybridized carbons (Fsp3) is 0.278. The van der Waals surface area contributed by atoms with E-state index in [1.54, 1.807) is 0 Å². The van der Waals surface area contributed by atoms with Gasteiger partial charge in [0.25, 0.3) is 0 Å². The van der Waals surface area contributed by atoms with E-state index in [1.807, 2.05) is 89.8 Å². The van der Waals surface area contributed by atoms with Gasteiger partial charge in [-0.15, -0.1) is 0 Å². The van der Waals surface area contributed by atoms with Crippen LogP contribution in [-0.2, 0) is 20.9 Å². The van der Waals surface area contributed by atoms with E-state index in [4.69, 9.17) is 4.74 Å². The maximum Gasteiger partial charge on any atom is 0.248 e. The molecule has 6 nitrogen and oxygen atoms in total. The Morgan fingerprint density at radius 3 is 1.83 bits per heavy atom. The molecule has 2 fully saturated rings. The first-order valence-electron chi connectivity index (χ1n) is 14.8. The maximum atomic E-state index is 14.4. The zero-order valence-corrected chi connectivity index (χ0v) is 23.8. The second-order valence-corrected chi connectivity index (χ2v) is 11.2. The topological polar surface area (TPSA) is 61.9 Å². The molecule has 4 aromatic rings. The highest BCUT2D eigenvalue weighted by atomic mass is 16.5. The Morgan fingerprint density at radius 2 is 1.26 bits per heavy atom. The van der Waals surface area contributed by atoms with Crippen molar-refractivity contribution >= 4 is 17.5 Å². The van der Waals surface area contributed by atoms with Gasteiger partial charge in [0, 0.05) is 31.2 Å². The third-order valence-electron chi connectivity index (χ3n) is 8.69. The molecule has 1 unspecified atom stereocenters. The summed E-state index contributed by atoms with van der Waals surface area (Å²) in [6.45, 7) is 2.31. The van der Waals surface area contributed by atoms with Crippen molar-refractivity contribution in [2.75, 3.05) is 31.1 Å². The van der Waals surface area contributed by atoms with Gasteiger partial charge in [-0.05, 0) is 41.7 Å². The highest BCUT2D eigenvalue weighted by Crippen LogP contribution is 2.37. The molecule has 214 valence electrons. The maximum absolute atomic E-state index is 14.4. The number of anilines is 1.